The standard InChI is InChI=1S/C13H15F3N2O2/c1-6(2)13(17)4-18(5-13)12(20)7-3-8(14)10(16)11(19)9(7)15/h3,6,19H,4-5,17H2,1-2H3. The quantitative estimate of drug-likeness (QED) is 0.813. The first-order valence-corrected chi connectivity index (χ1v) is 6.12. The molecule has 0 bridgehead atoms. The van der Waals surface area contributed by atoms with E-state index >= 15 is 0 Å². The lowest BCUT2D eigenvalue weighted by atomic mass is 9.80. The largest absolute Gasteiger partial charge is 0.503 e. The average Bonchev–Trinajstić information content (AvgIpc) is 2.35. The van der Waals surface area contributed by atoms with Crippen molar-refractivity contribution in [2.75, 3.05) is 13.1 Å². The first-order valence-electron chi connectivity index (χ1n) is 6.12. The van der Waals surface area contributed by atoms with E-state index < -0.39 is 40.2 Å². The van der Waals surface area contributed by atoms with Crippen LogP contribution in [0, 0.1) is 23.4 Å². The van der Waals surface area contributed by atoms with Gasteiger partial charge in [-0.15, -0.1) is 0 Å². The molecule has 1 aromatic carbocycles. The van der Waals surface area contributed by atoms with Gasteiger partial charge in [-0.25, -0.2) is 8.78 Å². The van der Waals surface area contributed by atoms with Crippen molar-refractivity contribution in [1.29, 1.82) is 0 Å². The van der Waals surface area contributed by atoms with Crippen LogP contribution >= 0.6 is 0 Å². The van der Waals surface area contributed by atoms with Gasteiger partial charge in [-0.2, -0.15) is 4.39 Å². The lowest BCUT2D eigenvalue weighted by Gasteiger charge is -2.50. The molecule has 1 aliphatic rings. The van der Waals surface area contributed by atoms with Crippen LogP contribution in [-0.4, -0.2) is 34.5 Å². The van der Waals surface area contributed by atoms with Gasteiger partial charge >= 0.3 is 0 Å². The number of likely N-dealkylation sites (tertiary alicyclic amines) is 1. The zero-order valence-corrected chi connectivity index (χ0v) is 11.1. The van der Waals surface area contributed by atoms with Gasteiger partial charge in [0.05, 0.1) is 11.1 Å². The molecule has 0 spiro atoms. The summed E-state index contributed by atoms with van der Waals surface area (Å²) in [7, 11) is 0. The fourth-order valence-electron chi connectivity index (χ4n) is 2.09. The summed E-state index contributed by atoms with van der Waals surface area (Å²) in [4.78, 5) is 13.2. The number of phenols is 1. The molecule has 1 heterocycles. The molecule has 1 saturated heterocycles. The molecule has 0 unspecified atom stereocenters. The Bertz CT molecular complexity index is 569. The number of hydrogen-bond donors (Lipinski definition) is 2. The third kappa shape index (κ3) is 2.11. The summed E-state index contributed by atoms with van der Waals surface area (Å²) in [6.07, 6.45) is 0. The number of nitrogens with zero attached hydrogens (tertiary/aromatic N) is 1. The van der Waals surface area contributed by atoms with E-state index in [0.29, 0.717) is 6.07 Å². The van der Waals surface area contributed by atoms with Crippen LogP contribution in [-0.2, 0) is 0 Å². The van der Waals surface area contributed by atoms with E-state index in [1.807, 2.05) is 13.8 Å². The molecule has 0 atom stereocenters. The van der Waals surface area contributed by atoms with Crippen molar-refractivity contribution in [1.82, 2.24) is 4.90 Å². The highest BCUT2D eigenvalue weighted by Crippen LogP contribution is 2.31. The summed E-state index contributed by atoms with van der Waals surface area (Å²) in [6.45, 7) is 4.18. The molecule has 1 amide bonds. The number of halogens is 3. The van der Waals surface area contributed by atoms with Gasteiger partial charge in [0.2, 0.25) is 5.82 Å². The van der Waals surface area contributed by atoms with Crippen LogP contribution in [0.4, 0.5) is 13.2 Å². The number of benzene rings is 1. The van der Waals surface area contributed by atoms with Crippen LogP contribution in [0.3, 0.4) is 0 Å². The van der Waals surface area contributed by atoms with Gasteiger partial charge in [0, 0.05) is 13.1 Å². The van der Waals surface area contributed by atoms with E-state index in [4.69, 9.17) is 10.8 Å². The molecule has 0 radical (unpaired) electrons. The van der Waals surface area contributed by atoms with Crippen LogP contribution in [0.1, 0.15) is 24.2 Å². The SMILES string of the molecule is CC(C)C1(N)CN(C(=O)c2cc(F)c(F)c(O)c2F)C1. The zero-order chi connectivity index (χ0) is 15.2. The molecule has 1 aromatic rings. The highest BCUT2D eigenvalue weighted by molar-refractivity contribution is 5.95. The number of hydrogen-bond acceptors (Lipinski definition) is 3. The summed E-state index contributed by atoms with van der Waals surface area (Å²) in [5.41, 5.74) is 4.74. The summed E-state index contributed by atoms with van der Waals surface area (Å²) < 4.78 is 39.7. The van der Waals surface area contributed by atoms with Crippen LogP contribution in [0.25, 0.3) is 0 Å². The van der Waals surface area contributed by atoms with Gasteiger partial charge in [-0.05, 0) is 12.0 Å². The van der Waals surface area contributed by atoms with Crippen molar-refractivity contribution in [2.24, 2.45) is 11.7 Å². The van der Waals surface area contributed by atoms with Gasteiger partial charge in [0.25, 0.3) is 5.91 Å². The summed E-state index contributed by atoms with van der Waals surface area (Å²) >= 11 is 0. The van der Waals surface area contributed by atoms with Crippen LogP contribution in [0.2, 0.25) is 0 Å². The summed E-state index contributed by atoms with van der Waals surface area (Å²) in [6, 6.07) is 0.443. The molecule has 3 N–H and O–H groups in total. The van der Waals surface area contributed by atoms with Crippen LogP contribution < -0.4 is 5.73 Å². The van der Waals surface area contributed by atoms with Crippen molar-refractivity contribution < 1.29 is 23.1 Å². The maximum atomic E-state index is 13.6. The number of aromatic hydroxyl groups is 1. The fraction of sp³-hybridized carbons (Fsp3) is 0.462. The first kappa shape index (κ1) is 14.6. The molecule has 0 aliphatic carbocycles. The van der Waals surface area contributed by atoms with Gasteiger partial charge in [-0.1, -0.05) is 13.8 Å². The molecular weight excluding hydrogens is 273 g/mol. The third-order valence-corrected chi connectivity index (χ3v) is 3.77. The average molecular weight is 288 g/mol. The fourth-order valence-corrected chi connectivity index (χ4v) is 2.09. The van der Waals surface area contributed by atoms with Crippen molar-refractivity contribution in [2.45, 2.75) is 19.4 Å². The topological polar surface area (TPSA) is 66.6 Å². The highest BCUT2D eigenvalue weighted by atomic mass is 19.2. The second kappa shape index (κ2) is 4.66. The van der Waals surface area contributed by atoms with Crippen molar-refractivity contribution in [3.63, 3.8) is 0 Å². The molecule has 20 heavy (non-hydrogen) atoms. The normalized spacial score (nSPS) is 17.2. The van der Waals surface area contributed by atoms with Gasteiger partial charge in [0.1, 0.15) is 0 Å². The smallest absolute Gasteiger partial charge is 0.257 e. The molecule has 2 rings (SSSR count). The van der Waals surface area contributed by atoms with Crippen molar-refractivity contribution in [3.05, 3.63) is 29.1 Å². The molecule has 7 heteroatoms. The van der Waals surface area contributed by atoms with E-state index in [-0.39, 0.29) is 19.0 Å². The predicted molar refractivity (Wildman–Crippen MR) is 65.6 cm³/mol. The third-order valence-electron chi connectivity index (χ3n) is 3.77. The van der Waals surface area contributed by atoms with Crippen molar-refractivity contribution in [3.8, 4) is 5.75 Å². The lowest BCUT2D eigenvalue weighted by Crippen LogP contribution is -2.71. The maximum absolute atomic E-state index is 13.6. The molecule has 110 valence electrons. The monoisotopic (exact) mass is 288 g/mol. The van der Waals surface area contributed by atoms with E-state index in [9.17, 15) is 18.0 Å². The van der Waals surface area contributed by atoms with Gasteiger partial charge < -0.3 is 15.7 Å². The number of nitrogens with two attached hydrogens (primary N) is 1. The number of carbonyl (C=O) groups excluding carboxylic acids is 1. The number of phenolic OH excluding ortho intramolecular Hbond substituents is 1. The Kier molecular flexibility index (Phi) is 3.41. The molecule has 0 aromatic heterocycles. The molecule has 1 fully saturated rings. The van der Waals surface area contributed by atoms with Crippen LogP contribution in [0.5, 0.6) is 5.75 Å². The highest BCUT2D eigenvalue weighted by Gasteiger charge is 2.45. The molecular formula is C13H15F3N2O2. The predicted octanol–water partition coefficient (Wildman–Crippen LogP) is 1.62. The Morgan fingerprint density at radius 3 is 2.40 bits per heavy atom. The van der Waals surface area contributed by atoms with Gasteiger partial charge in [0.15, 0.2) is 17.4 Å². The Morgan fingerprint density at radius 2 is 1.90 bits per heavy atom. The maximum Gasteiger partial charge on any atom is 0.257 e. The van der Waals surface area contributed by atoms with Crippen LogP contribution in [0.15, 0.2) is 6.07 Å². The summed E-state index contributed by atoms with van der Waals surface area (Å²) in [5.74, 6) is -6.84. The minimum absolute atomic E-state index is 0.120. The molecule has 4 nitrogen and oxygen atoms in total. The second-order valence-electron chi connectivity index (χ2n) is 5.43. The number of carbonyl (C=O) groups is 1. The first-order chi connectivity index (χ1) is 9.17. The van der Waals surface area contributed by atoms with E-state index in [1.165, 1.54) is 4.90 Å². The van der Waals surface area contributed by atoms with E-state index in [2.05, 4.69) is 0 Å². The van der Waals surface area contributed by atoms with Gasteiger partial charge in [-0.3, -0.25) is 4.79 Å². The molecule has 0 saturated carbocycles. The second-order valence-corrected chi connectivity index (χ2v) is 5.43. The Morgan fingerprint density at radius 1 is 1.35 bits per heavy atom. The Labute approximate surface area is 114 Å². The number of amides is 1. The van der Waals surface area contributed by atoms with E-state index in [0.717, 1.165) is 0 Å². The minimum atomic E-state index is -1.71. The lowest BCUT2D eigenvalue weighted by molar-refractivity contribution is 0.0269. The summed E-state index contributed by atoms with van der Waals surface area (Å²) in [5, 5.41) is 9.09. The van der Waals surface area contributed by atoms with E-state index in [1.54, 1.807) is 0 Å². The Balaban J connectivity index is 2.25. The van der Waals surface area contributed by atoms with Crippen molar-refractivity contribution >= 4 is 5.91 Å². The minimum Gasteiger partial charge on any atom is -0.503 e. The number of rotatable bonds is 2. The zero-order valence-electron chi connectivity index (χ0n) is 11.1. The Hall–Kier alpha value is -1.76. The molecule has 1 aliphatic heterocycles.